The molecule has 186 valence electrons. The van der Waals surface area contributed by atoms with E-state index in [4.69, 9.17) is 28.2 Å². The molecule has 11 heteroatoms. The Labute approximate surface area is 227 Å². The van der Waals surface area contributed by atoms with Crippen LogP contribution in [0.3, 0.4) is 0 Å². The van der Waals surface area contributed by atoms with Crippen LogP contribution >= 0.6 is 35.2 Å². The second kappa shape index (κ2) is 10.6. The highest BCUT2D eigenvalue weighted by Gasteiger charge is 2.12. The number of hydrogen-bond acceptors (Lipinski definition) is 7. The molecule has 0 fully saturated rings. The fourth-order valence-electron chi connectivity index (χ4n) is 3.51. The first kappa shape index (κ1) is 24.8. The Morgan fingerprint density at radius 1 is 1.14 bits per heavy atom. The van der Waals surface area contributed by atoms with Crippen LogP contribution in [-0.2, 0) is 11.2 Å². The third kappa shape index (κ3) is 5.61. The third-order valence-corrected chi connectivity index (χ3v) is 7.04. The van der Waals surface area contributed by atoms with E-state index in [0.717, 1.165) is 44.6 Å². The lowest BCUT2D eigenvalue weighted by molar-refractivity contribution is -0.115. The van der Waals surface area contributed by atoms with Gasteiger partial charge in [0.1, 0.15) is 16.5 Å². The van der Waals surface area contributed by atoms with E-state index < -0.39 is 0 Å². The van der Waals surface area contributed by atoms with Crippen molar-refractivity contribution in [2.24, 2.45) is 0 Å². The van der Waals surface area contributed by atoms with Crippen LogP contribution in [0, 0.1) is 6.92 Å². The molecule has 5 aromatic rings. The number of carbonyl (C=O) groups is 1. The number of anilines is 1. The van der Waals surface area contributed by atoms with Gasteiger partial charge < -0.3 is 9.73 Å². The molecule has 0 radical (unpaired) electrons. The molecule has 0 spiro atoms. The molecule has 0 unspecified atom stereocenters. The average Bonchev–Trinajstić information content (AvgIpc) is 3.61. The summed E-state index contributed by atoms with van der Waals surface area (Å²) in [5.74, 6) is 1.65. The molecule has 37 heavy (non-hydrogen) atoms. The number of thiocarbonyl (C=S) groups is 1. The molecule has 1 amide bonds. The van der Waals surface area contributed by atoms with Crippen LogP contribution in [0.5, 0.6) is 0 Å². The number of halogens is 1. The molecule has 0 saturated carbocycles. The minimum absolute atomic E-state index is 0.184. The Morgan fingerprint density at radius 3 is 2.68 bits per heavy atom. The number of carbonyl (C=O) groups excluding carboxylic acids is 1. The van der Waals surface area contributed by atoms with E-state index in [1.165, 1.54) is 17.4 Å². The summed E-state index contributed by atoms with van der Waals surface area (Å²) >= 11 is 13.0. The number of nitrogens with zero attached hydrogens (tertiary/aromatic N) is 4. The Bertz CT molecular complexity index is 1630. The molecule has 2 aromatic carbocycles. The van der Waals surface area contributed by atoms with Crippen molar-refractivity contribution < 1.29 is 9.21 Å². The van der Waals surface area contributed by atoms with Crippen LogP contribution in [0.1, 0.15) is 24.1 Å². The van der Waals surface area contributed by atoms with Crippen molar-refractivity contribution in [3.8, 4) is 21.9 Å². The van der Waals surface area contributed by atoms with Gasteiger partial charge in [-0.25, -0.2) is 0 Å². The summed E-state index contributed by atoms with van der Waals surface area (Å²) in [5, 5.41) is 20.2. The summed E-state index contributed by atoms with van der Waals surface area (Å²) in [7, 11) is 0. The molecular weight excluding hydrogens is 528 g/mol. The smallest absolute Gasteiger partial charge is 0.250 e. The Morgan fingerprint density at radius 2 is 1.92 bits per heavy atom. The lowest BCUT2D eigenvalue weighted by Gasteiger charge is -2.08. The van der Waals surface area contributed by atoms with E-state index in [2.05, 4.69) is 25.9 Å². The zero-order valence-corrected chi connectivity index (χ0v) is 22.2. The number of aromatic nitrogens is 4. The first-order chi connectivity index (χ1) is 17.9. The van der Waals surface area contributed by atoms with Crippen molar-refractivity contribution >= 4 is 62.9 Å². The summed E-state index contributed by atoms with van der Waals surface area (Å²) in [4.78, 5) is 13.1. The van der Waals surface area contributed by atoms with Crippen LogP contribution in [0.2, 0.25) is 5.02 Å². The van der Waals surface area contributed by atoms with E-state index in [-0.39, 0.29) is 11.0 Å². The standard InChI is InChI=1S/C26H21ClN6O2S2/c1-3-22-30-31-26-33(22)32-24(37-26)16-6-8-18(9-7-16)28-25(36)29-23(34)13-11-19-10-12-21(35-19)17-5-4-15(2)20(27)14-17/h4-14H,3H2,1-2H3,(H2,28,29,34,36)/b13-11+. The number of fused-ring (bicyclic) bond motifs is 1. The maximum absolute atomic E-state index is 12.3. The zero-order chi connectivity index (χ0) is 25.9. The van der Waals surface area contributed by atoms with Crippen molar-refractivity contribution in [1.82, 2.24) is 25.1 Å². The fraction of sp³-hybridized carbons (Fsp3) is 0.115. The molecule has 0 atom stereocenters. The van der Waals surface area contributed by atoms with Crippen molar-refractivity contribution in [3.63, 3.8) is 0 Å². The molecule has 0 saturated heterocycles. The van der Waals surface area contributed by atoms with Crippen LogP contribution in [0.15, 0.2) is 65.1 Å². The topological polar surface area (TPSA) is 97.3 Å². The zero-order valence-electron chi connectivity index (χ0n) is 19.9. The second-order valence-corrected chi connectivity index (χ2v) is 9.86. The Kier molecular flexibility index (Phi) is 7.13. The molecule has 2 N–H and O–H groups in total. The number of amides is 1. The van der Waals surface area contributed by atoms with Gasteiger partial charge in [0.2, 0.25) is 10.9 Å². The van der Waals surface area contributed by atoms with Gasteiger partial charge in [0.05, 0.1) is 0 Å². The molecule has 0 aliphatic carbocycles. The van der Waals surface area contributed by atoms with Crippen LogP contribution < -0.4 is 10.6 Å². The molecule has 5 rings (SSSR count). The molecule has 8 nitrogen and oxygen atoms in total. The van der Waals surface area contributed by atoms with E-state index in [0.29, 0.717) is 16.5 Å². The van der Waals surface area contributed by atoms with E-state index in [9.17, 15) is 4.79 Å². The average molecular weight is 549 g/mol. The van der Waals surface area contributed by atoms with Gasteiger partial charge in [0.15, 0.2) is 10.9 Å². The predicted octanol–water partition coefficient (Wildman–Crippen LogP) is 6.16. The van der Waals surface area contributed by atoms with Gasteiger partial charge in [-0.2, -0.15) is 9.61 Å². The van der Waals surface area contributed by atoms with E-state index in [1.807, 2.05) is 62.4 Å². The largest absolute Gasteiger partial charge is 0.457 e. The summed E-state index contributed by atoms with van der Waals surface area (Å²) in [6.45, 7) is 3.96. The van der Waals surface area contributed by atoms with Crippen LogP contribution in [0.25, 0.3) is 32.9 Å². The number of rotatable bonds is 6. The minimum Gasteiger partial charge on any atom is -0.457 e. The van der Waals surface area contributed by atoms with Gasteiger partial charge in [-0.15, -0.1) is 10.2 Å². The van der Waals surface area contributed by atoms with Gasteiger partial charge in [0, 0.05) is 34.3 Å². The molecule has 0 aliphatic heterocycles. The normalized spacial score (nSPS) is 11.3. The molecule has 3 aromatic heterocycles. The summed E-state index contributed by atoms with van der Waals surface area (Å²) in [6.07, 6.45) is 3.70. The quantitative estimate of drug-likeness (QED) is 0.193. The first-order valence-corrected chi connectivity index (χ1v) is 13.0. The molecule has 0 bridgehead atoms. The minimum atomic E-state index is -0.378. The maximum atomic E-state index is 12.3. The highest BCUT2D eigenvalue weighted by molar-refractivity contribution is 7.80. The van der Waals surface area contributed by atoms with Crippen molar-refractivity contribution in [2.75, 3.05) is 5.32 Å². The molecule has 3 heterocycles. The predicted molar refractivity (Wildman–Crippen MR) is 151 cm³/mol. The van der Waals surface area contributed by atoms with Crippen LogP contribution in [0.4, 0.5) is 5.69 Å². The summed E-state index contributed by atoms with van der Waals surface area (Å²) in [6, 6.07) is 16.9. The first-order valence-electron chi connectivity index (χ1n) is 11.4. The van der Waals surface area contributed by atoms with Gasteiger partial charge in [-0.3, -0.25) is 10.1 Å². The number of hydrogen-bond donors (Lipinski definition) is 2. The van der Waals surface area contributed by atoms with E-state index >= 15 is 0 Å². The van der Waals surface area contributed by atoms with Crippen molar-refractivity contribution in [1.29, 1.82) is 0 Å². The number of nitrogens with one attached hydrogen (secondary N) is 2. The van der Waals surface area contributed by atoms with Crippen molar-refractivity contribution in [2.45, 2.75) is 20.3 Å². The molecule has 0 aliphatic rings. The number of benzene rings is 2. The SMILES string of the molecule is CCc1nnc2sc(-c3ccc(NC(=S)NC(=O)/C=C/c4ccc(-c5ccc(C)c(Cl)c5)o4)cc3)nn12. The highest BCUT2D eigenvalue weighted by atomic mass is 35.5. The van der Waals surface area contributed by atoms with Crippen molar-refractivity contribution in [3.05, 3.63) is 82.8 Å². The van der Waals surface area contributed by atoms with Gasteiger partial charge in [-0.1, -0.05) is 42.0 Å². The van der Waals surface area contributed by atoms with Gasteiger partial charge in [-0.05, 0) is 73.2 Å². The van der Waals surface area contributed by atoms with Gasteiger partial charge in [0.25, 0.3) is 0 Å². The monoisotopic (exact) mass is 548 g/mol. The van der Waals surface area contributed by atoms with Crippen LogP contribution in [-0.4, -0.2) is 30.8 Å². The highest BCUT2D eigenvalue weighted by Crippen LogP contribution is 2.28. The Balaban J connectivity index is 1.16. The number of furan rings is 1. The molecular formula is C26H21ClN6O2S2. The third-order valence-electron chi connectivity index (χ3n) is 5.48. The number of aryl methyl sites for hydroxylation is 2. The summed E-state index contributed by atoms with van der Waals surface area (Å²) in [5.41, 5.74) is 3.55. The summed E-state index contributed by atoms with van der Waals surface area (Å²) < 4.78 is 7.57. The Hall–Kier alpha value is -3.86. The maximum Gasteiger partial charge on any atom is 0.250 e. The lowest BCUT2D eigenvalue weighted by atomic mass is 10.1. The lowest BCUT2D eigenvalue weighted by Crippen LogP contribution is -2.32. The van der Waals surface area contributed by atoms with E-state index in [1.54, 1.807) is 16.7 Å². The fourth-order valence-corrected chi connectivity index (χ4v) is 4.77. The second-order valence-electron chi connectivity index (χ2n) is 8.09. The van der Waals surface area contributed by atoms with Gasteiger partial charge >= 0.3 is 0 Å².